The molecule has 3 unspecified atom stereocenters. The number of hydrogen-bond acceptors (Lipinski definition) is 9. The molecule has 314 valence electrons. The number of imide groups is 1. The van der Waals surface area contributed by atoms with Crippen LogP contribution in [-0.4, -0.2) is 92.2 Å². The van der Waals surface area contributed by atoms with E-state index in [1.165, 1.54) is 52.3 Å². The highest BCUT2D eigenvalue weighted by atomic mass is 32.2. The molecule has 1 saturated carbocycles. The van der Waals surface area contributed by atoms with Gasteiger partial charge in [0.2, 0.25) is 11.8 Å². The third-order valence-corrected chi connectivity index (χ3v) is 12.2. The number of thioether (sulfide) groups is 1. The van der Waals surface area contributed by atoms with Crippen LogP contribution in [0.2, 0.25) is 0 Å². The van der Waals surface area contributed by atoms with Crippen molar-refractivity contribution in [2.24, 2.45) is 7.05 Å². The third-order valence-electron chi connectivity index (χ3n) is 11.4. The number of rotatable bonds is 7. The van der Waals surface area contributed by atoms with Crippen LogP contribution in [0, 0.1) is 0 Å². The van der Waals surface area contributed by atoms with E-state index in [2.05, 4.69) is 15.6 Å². The Morgan fingerprint density at radius 2 is 1.75 bits per heavy atom. The summed E-state index contributed by atoms with van der Waals surface area (Å²) in [4.78, 5) is 57.6. The molecule has 2 aromatic carbocycles. The largest absolute Gasteiger partial charge is 0.433 e. The zero-order valence-corrected chi connectivity index (χ0v) is 34.1. The van der Waals surface area contributed by atoms with Crippen molar-refractivity contribution in [3.63, 3.8) is 0 Å². The second-order valence-electron chi connectivity index (χ2n) is 15.5. The Labute approximate surface area is 342 Å². The van der Waals surface area contributed by atoms with Crippen LogP contribution in [0.4, 0.5) is 28.9 Å². The fraction of sp³-hybridized carbons (Fsp3) is 0.463. The van der Waals surface area contributed by atoms with Gasteiger partial charge >= 0.3 is 11.9 Å². The van der Waals surface area contributed by atoms with Gasteiger partial charge in [0.15, 0.2) is 0 Å². The summed E-state index contributed by atoms with van der Waals surface area (Å²) in [7, 11) is 5.44. The fourth-order valence-corrected chi connectivity index (χ4v) is 8.93. The van der Waals surface area contributed by atoms with Gasteiger partial charge in [-0.3, -0.25) is 33.5 Å². The number of hydrogen-bond donors (Lipinski definition) is 2. The molecule has 3 atom stereocenters. The standard InChI is InChI=1S/C21H21F3N4OS.C20H26FN5O3/c1-30-18-11-16-13(12-28(27-16)14-6-3-2-4-7-14)10-17(18)26-20(29)15-8-5-9-19(25-15)21(22,23)24;1-23(2)13-9-10-25(11-12(13)21)14-5-4-6-15-18(14)24(3)20(29)26(15)16-7-8-17(27)22-19(16)28/h5,8-12,14H,2-4,6-7H2,1H3,(H,26,29);4-6,12-13,16H,7-11H2,1-3H3,(H,22,27,28). The number of alkyl halides is 4. The van der Waals surface area contributed by atoms with Gasteiger partial charge in [-0.25, -0.2) is 14.2 Å². The van der Waals surface area contributed by atoms with Gasteiger partial charge in [-0.05, 0) is 82.4 Å². The molecule has 2 aliphatic heterocycles. The molecule has 0 radical (unpaired) electrons. The van der Waals surface area contributed by atoms with E-state index >= 15 is 0 Å². The first kappa shape index (κ1) is 41.9. The van der Waals surface area contributed by atoms with Gasteiger partial charge in [0.1, 0.15) is 23.6 Å². The quantitative estimate of drug-likeness (QED) is 0.104. The van der Waals surface area contributed by atoms with E-state index in [9.17, 15) is 36.7 Å². The number of amides is 3. The molecule has 1 aliphatic carbocycles. The van der Waals surface area contributed by atoms with Gasteiger partial charge in [-0.1, -0.05) is 31.4 Å². The second kappa shape index (κ2) is 17.2. The minimum Gasteiger partial charge on any atom is -0.367 e. The molecule has 18 heteroatoms. The summed E-state index contributed by atoms with van der Waals surface area (Å²) in [5, 5.41) is 10.6. The van der Waals surface area contributed by atoms with Crippen molar-refractivity contribution >= 4 is 62.8 Å². The van der Waals surface area contributed by atoms with Crippen LogP contribution in [0.25, 0.3) is 21.9 Å². The summed E-state index contributed by atoms with van der Waals surface area (Å²) in [5.74, 6) is -1.47. The Kier molecular flexibility index (Phi) is 12.2. The van der Waals surface area contributed by atoms with Crippen LogP contribution >= 0.6 is 11.8 Å². The zero-order chi connectivity index (χ0) is 42.2. The maximum absolute atomic E-state index is 14.8. The lowest BCUT2D eigenvalue weighted by molar-refractivity contribution is -0.141. The van der Waals surface area contributed by atoms with E-state index in [-0.39, 0.29) is 42.7 Å². The lowest BCUT2D eigenvalue weighted by Gasteiger charge is -2.39. The Morgan fingerprint density at radius 1 is 1.00 bits per heavy atom. The van der Waals surface area contributed by atoms with Crippen LogP contribution in [0.1, 0.15) is 79.6 Å². The number of aromatic nitrogens is 5. The minimum atomic E-state index is -4.60. The molecule has 5 aromatic rings. The summed E-state index contributed by atoms with van der Waals surface area (Å²) in [6.45, 7) is 0.930. The van der Waals surface area contributed by atoms with Crippen LogP contribution < -0.4 is 21.2 Å². The number of nitrogens with one attached hydrogen (secondary N) is 2. The molecule has 5 heterocycles. The van der Waals surface area contributed by atoms with Gasteiger partial charge in [0.05, 0.1) is 40.5 Å². The SMILES string of the molecule is CN(C)C1CCN(c2cccc3c2n(C)c(=O)n3C2CCC(=O)NC2=O)CC1F.CSc1cc2nn(C3CCCCC3)cc2cc1NC(=O)c1cccc(C(F)(F)F)n1. The summed E-state index contributed by atoms with van der Waals surface area (Å²) < 4.78 is 58.4. The number of carbonyl (C=O) groups is 3. The Hall–Kier alpha value is -5.23. The van der Waals surface area contributed by atoms with Crippen LogP contribution in [0.3, 0.4) is 0 Å². The average molecular weight is 838 g/mol. The fourth-order valence-electron chi connectivity index (χ4n) is 8.37. The Morgan fingerprint density at radius 3 is 2.42 bits per heavy atom. The maximum Gasteiger partial charge on any atom is 0.433 e. The first-order valence-corrected chi connectivity index (χ1v) is 20.9. The molecule has 3 aliphatic rings. The van der Waals surface area contributed by atoms with Crippen LogP contribution in [-0.2, 0) is 22.8 Å². The normalized spacial score (nSPS) is 20.5. The number of anilines is 2. The number of halogens is 4. The number of fused-ring (bicyclic) bond motifs is 2. The van der Waals surface area contributed by atoms with E-state index in [0.717, 1.165) is 40.4 Å². The number of benzene rings is 2. The molecule has 2 saturated heterocycles. The predicted molar refractivity (Wildman–Crippen MR) is 219 cm³/mol. The van der Waals surface area contributed by atoms with Crippen molar-refractivity contribution < 1.29 is 31.9 Å². The van der Waals surface area contributed by atoms with Crippen molar-refractivity contribution in [1.29, 1.82) is 0 Å². The minimum absolute atomic E-state index is 0.123. The van der Waals surface area contributed by atoms with E-state index in [1.807, 2.05) is 65.3 Å². The van der Waals surface area contributed by atoms with E-state index in [1.54, 1.807) is 13.1 Å². The molecular weight excluding hydrogens is 791 g/mol. The van der Waals surface area contributed by atoms with Crippen LogP contribution in [0.5, 0.6) is 0 Å². The molecule has 59 heavy (non-hydrogen) atoms. The van der Waals surface area contributed by atoms with Gasteiger partial charge in [0.25, 0.3) is 5.91 Å². The number of nitrogens with zero attached hydrogens (tertiary/aromatic N) is 7. The van der Waals surface area contributed by atoms with E-state index in [0.29, 0.717) is 35.7 Å². The molecule has 3 fully saturated rings. The lowest BCUT2D eigenvalue weighted by atomic mass is 9.96. The molecule has 8 rings (SSSR count). The smallest absolute Gasteiger partial charge is 0.367 e. The highest BCUT2D eigenvalue weighted by Crippen LogP contribution is 2.35. The highest BCUT2D eigenvalue weighted by molar-refractivity contribution is 7.98. The van der Waals surface area contributed by atoms with Gasteiger partial charge in [-0.15, -0.1) is 11.8 Å². The number of aryl methyl sites for hydroxylation is 1. The molecular formula is C41H47F4N9O4S. The predicted octanol–water partition coefficient (Wildman–Crippen LogP) is 6.73. The van der Waals surface area contributed by atoms with Crippen molar-refractivity contribution in [2.45, 2.75) is 86.7 Å². The van der Waals surface area contributed by atoms with Gasteiger partial charge < -0.3 is 15.1 Å². The molecule has 3 aromatic heterocycles. The average Bonchev–Trinajstić information content (AvgIpc) is 3.74. The second-order valence-corrected chi connectivity index (χ2v) is 16.3. The van der Waals surface area contributed by atoms with Crippen LogP contribution in [0.15, 0.2) is 64.4 Å². The first-order valence-electron chi connectivity index (χ1n) is 19.7. The topological polar surface area (TPSA) is 139 Å². The van der Waals surface area contributed by atoms with E-state index in [4.69, 9.17) is 5.10 Å². The summed E-state index contributed by atoms with van der Waals surface area (Å²) in [5.41, 5.74) is 1.75. The number of carbonyl (C=O) groups excluding carboxylic acids is 3. The van der Waals surface area contributed by atoms with Crippen molar-refractivity contribution in [3.05, 3.63) is 76.6 Å². The third kappa shape index (κ3) is 8.74. The number of imidazole rings is 1. The molecule has 0 bridgehead atoms. The van der Waals surface area contributed by atoms with Crippen molar-refractivity contribution in [1.82, 2.24) is 34.1 Å². The monoisotopic (exact) mass is 837 g/mol. The molecule has 13 nitrogen and oxygen atoms in total. The van der Waals surface area contributed by atoms with Gasteiger partial charge in [-0.2, -0.15) is 18.3 Å². The highest BCUT2D eigenvalue weighted by Gasteiger charge is 2.35. The Bertz CT molecular complexity index is 2440. The molecule has 0 spiro atoms. The summed E-state index contributed by atoms with van der Waals surface area (Å²) in [6, 6.07) is 12.0. The Balaban J connectivity index is 0.000000179. The number of pyridine rings is 1. The summed E-state index contributed by atoms with van der Waals surface area (Å²) >= 11 is 1.44. The van der Waals surface area contributed by atoms with Gasteiger partial charge in [0, 0.05) is 42.5 Å². The van der Waals surface area contributed by atoms with Crippen molar-refractivity contribution in [2.75, 3.05) is 43.7 Å². The number of piperidine rings is 2. The summed E-state index contributed by atoms with van der Waals surface area (Å²) in [6.07, 6.45) is 5.28. The van der Waals surface area contributed by atoms with Crippen molar-refractivity contribution in [3.8, 4) is 0 Å². The zero-order valence-electron chi connectivity index (χ0n) is 33.3. The lowest BCUT2D eigenvalue weighted by Crippen LogP contribution is -2.50. The first-order chi connectivity index (χ1) is 28.1. The maximum atomic E-state index is 14.8. The molecule has 3 amide bonds. The number of para-hydroxylation sites is 1. The van der Waals surface area contributed by atoms with E-state index < -0.39 is 35.9 Å². The molecule has 2 N–H and O–H groups in total.